The quantitative estimate of drug-likeness (QED) is 0.0580. The summed E-state index contributed by atoms with van der Waals surface area (Å²) in [6, 6.07) is 14.4. The number of nitrogens with two attached hydrogens (primary N) is 2. The van der Waals surface area contributed by atoms with Crippen LogP contribution in [0.5, 0.6) is 0 Å². The van der Waals surface area contributed by atoms with Gasteiger partial charge in [0.1, 0.15) is 36.3 Å². The van der Waals surface area contributed by atoms with Crippen LogP contribution in [0.4, 0.5) is 5.69 Å². The van der Waals surface area contributed by atoms with Crippen molar-refractivity contribution in [1.29, 1.82) is 0 Å². The largest absolute Gasteiger partial charge is 0.394 e. The van der Waals surface area contributed by atoms with Crippen LogP contribution < -0.4 is 54.0 Å². The molecule has 1 radical (unpaired) electrons. The van der Waals surface area contributed by atoms with E-state index in [2.05, 4.69) is 42.5 Å². The predicted octanol–water partition coefficient (Wildman–Crippen LogP) is -0.849. The van der Waals surface area contributed by atoms with Crippen LogP contribution in [0.3, 0.4) is 0 Å². The third-order valence-electron chi connectivity index (χ3n) is 11.8. The van der Waals surface area contributed by atoms with Gasteiger partial charge < -0.3 is 64.0 Å². The molecule has 14 N–H and O–H groups in total. The summed E-state index contributed by atoms with van der Waals surface area (Å²) in [5, 5.41) is 54.2. The van der Waals surface area contributed by atoms with E-state index in [1.54, 1.807) is 79.0 Å². The predicted molar refractivity (Wildman–Crippen MR) is 271 cm³/mol. The zero-order valence-electron chi connectivity index (χ0n) is 39.6. The van der Waals surface area contributed by atoms with Crippen molar-refractivity contribution in [2.24, 2.45) is 11.5 Å². The van der Waals surface area contributed by atoms with Gasteiger partial charge in [0.15, 0.2) is 0 Å². The molecule has 3 aromatic rings. The molecule has 2 aliphatic rings. The Hall–Kier alpha value is -6.01. The van der Waals surface area contributed by atoms with E-state index in [0.29, 0.717) is 35.2 Å². The number of benzene rings is 3. The molecule has 0 aliphatic carbocycles. The van der Waals surface area contributed by atoms with Crippen LogP contribution in [0.25, 0.3) is 5.57 Å². The highest BCUT2D eigenvalue weighted by Gasteiger charge is 2.37. The Bertz CT molecular complexity index is 2310. The maximum absolute atomic E-state index is 14.7. The number of carbonyl (C=O) groups is 7. The second-order valence-electron chi connectivity index (χ2n) is 17.4. The lowest BCUT2D eigenvalue weighted by molar-refractivity contribution is -0.136. The van der Waals surface area contributed by atoms with Gasteiger partial charge in [0, 0.05) is 36.1 Å². The number of fused-ring (bicyclic) bond motifs is 1. The second-order valence-corrected chi connectivity index (χ2v) is 20.0. The van der Waals surface area contributed by atoms with Crippen LogP contribution >= 0.6 is 21.6 Å². The number of carbonyl (C=O) groups excluding carboxylic acids is 7. The van der Waals surface area contributed by atoms with Gasteiger partial charge in [-0.3, -0.25) is 38.9 Å². The van der Waals surface area contributed by atoms with Gasteiger partial charge >= 0.3 is 0 Å². The number of para-hydroxylation sites is 1. The number of hydrogen-bond acceptors (Lipinski definition) is 14. The number of unbranched alkanes of at least 4 members (excludes halogenated alkanes) is 1. The molecule has 10 atom stereocenters. The first-order chi connectivity index (χ1) is 34.1. The van der Waals surface area contributed by atoms with Crippen LogP contribution in [0.2, 0.25) is 0 Å². The molecule has 383 valence electrons. The Morgan fingerprint density at radius 3 is 1.97 bits per heavy atom. The molecule has 1 fully saturated rings. The SMILES string of the molecule is CC(O)C(CO)NC(=O)[C@@H]1CSSC[C@H](NC(=O)[C@H](N)Cc2ccccc2)C(=O)N[C@@H](Cc2ccccc2)C(=O)N[C@H](CC2=C[N]c3ccccc32)C(=O)N[C@@H](CCCCN)C(=O)N[C@@H]([C@@H](C)O)C(=O)N1. The molecule has 5 rings (SSSR count). The highest BCUT2D eigenvalue weighted by molar-refractivity contribution is 8.76. The third kappa shape index (κ3) is 17.1. The summed E-state index contributed by atoms with van der Waals surface area (Å²) in [4.78, 5) is 99.6. The highest BCUT2D eigenvalue weighted by Crippen LogP contribution is 2.33. The Morgan fingerprint density at radius 2 is 1.32 bits per heavy atom. The molecule has 0 spiro atoms. The van der Waals surface area contributed by atoms with Crippen molar-refractivity contribution in [3.05, 3.63) is 108 Å². The second kappa shape index (κ2) is 28.1. The summed E-state index contributed by atoms with van der Waals surface area (Å²) >= 11 is 0. The normalized spacial score (nSPS) is 23.3. The van der Waals surface area contributed by atoms with E-state index in [1.807, 2.05) is 12.1 Å². The van der Waals surface area contributed by atoms with Crippen LogP contribution in [0, 0.1) is 0 Å². The van der Waals surface area contributed by atoms with E-state index >= 15 is 0 Å². The fraction of sp³-hybridized carbons (Fsp3) is 0.449. The number of aliphatic hydroxyl groups is 3. The summed E-state index contributed by atoms with van der Waals surface area (Å²) in [5.74, 6) is -6.06. The van der Waals surface area contributed by atoms with E-state index < -0.39 is 108 Å². The Labute approximate surface area is 420 Å². The molecule has 22 heteroatoms. The number of nitrogens with zero attached hydrogens (tertiary/aromatic N) is 1. The lowest BCUT2D eigenvalue weighted by Crippen LogP contribution is -2.62. The fourth-order valence-corrected chi connectivity index (χ4v) is 9.99. The minimum absolute atomic E-state index is 0.0278. The first-order valence-corrected chi connectivity index (χ1v) is 25.9. The molecular formula is C49H65N10O10S2. The number of amides is 7. The molecule has 7 amide bonds. The van der Waals surface area contributed by atoms with E-state index in [9.17, 15) is 48.9 Å². The molecule has 1 saturated heterocycles. The van der Waals surface area contributed by atoms with Gasteiger partial charge in [0.05, 0.1) is 36.6 Å². The van der Waals surface area contributed by atoms with Crippen LogP contribution in [-0.4, -0.2) is 142 Å². The van der Waals surface area contributed by atoms with Crippen molar-refractivity contribution in [3.63, 3.8) is 0 Å². The Morgan fingerprint density at radius 1 is 0.732 bits per heavy atom. The average Bonchev–Trinajstić information content (AvgIpc) is 3.76. The topological polar surface area (TPSA) is 331 Å². The summed E-state index contributed by atoms with van der Waals surface area (Å²) in [7, 11) is 2.05. The summed E-state index contributed by atoms with van der Waals surface area (Å²) < 4.78 is 0. The third-order valence-corrected chi connectivity index (χ3v) is 14.2. The summed E-state index contributed by atoms with van der Waals surface area (Å²) in [6.07, 6.45) is -0.341. The first kappa shape index (κ1) is 55.9. The van der Waals surface area contributed by atoms with Crippen molar-refractivity contribution in [2.75, 3.05) is 24.7 Å². The van der Waals surface area contributed by atoms with Crippen LogP contribution in [-0.2, 0) is 46.4 Å². The monoisotopic (exact) mass is 1020 g/mol. The Kier molecular flexibility index (Phi) is 22.2. The van der Waals surface area contributed by atoms with Crippen molar-refractivity contribution in [2.45, 2.75) is 113 Å². The first-order valence-electron chi connectivity index (χ1n) is 23.4. The minimum Gasteiger partial charge on any atom is -0.394 e. The molecule has 71 heavy (non-hydrogen) atoms. The fourth-order valence-electron chi connectivity index (χ4n) is 7.66. The summed E-state index contributed by atoms with van der Waals surface area (Å²) in [5.41, 5.74) is 15.5. The average molecular weight is 1020 g/mol. The van der Waals surface area contributed by atoms with Gasteiger partial charge in [-0.15, -0.1) is 0 Å². The van der Waals surface area contributed by atoms with Gasteiger partial charge in [0.2, 0.25) is 41.4 Å². The molecule has 20 nitrogen and oxygen atoms in total. The van der Waals surface area contributed by atoms with Gasteiger partial charge in [0.25, 0.3) is 0 Å². The number of nitrogens with one attached hydrogen (secondary N) is 7. The molecular weight excluding hydrogens is 953 g/mol. The van der Waals surface area contributed by atoms with Gasteiger partial charge in [-0.05, 0) is 68.8 Å². The molecule has 0 bridgehead atoms. The van der Waals surface area contributed by atoms with Crippen molar-refractivity contribution in [3.8, 4) is 0 Å². The Balaban J connectivity index is 1.56. The molecule has 0 saturated carbocycles. The maximum Gasteiger partial charge on any atom is 0.245 e. The van der Waals surface area contributed by atoms with Gasteiger partial charge in [-0.2, -0.15) is 0 Å². The summed E-state index contributed by atoms with van der Waals surface area (Å²) in [6.45, 7) is 2.22. The number of hydrogen-bond donors (Lipinski definition) is 12. The van der Waals surface area contributed by atoms with E-state index in [1.165, 1.54) is 13.8 Å². The van der Waals surface area contributed by atoms with E-state index in [-0.39, 0.29) is 43.7 Å². The molecule has 2 unspecified atom stereocenters. The van der Waals surface area contributed by atoms with Crippen molar-refractivity contribution >= 4 is 74.2 Å². The number of aliphatic hydroxyl groups excluding tert-OH is 3. The maximum atomic E-state index is 14.7. The van der Waals surface area contributed by atoms with Crippen molar-refractivity contribution in [1.82, 2.24) is 42.5 Å². The van der Waals surface area contributed by atoms with Gasteiger partial charge in [-0.1, -0.05) is 100 Å². The standard InChI is InChI=1S/C49H65N10O10S2/c1-28(61)39(25-60)56-48(68)41-27-71-70-26-40(57-43(63)34(51)21-30-13-5-3-6-14-30)47(67)54-37(22-31-15-7-4-8-16-31)45(65)55-38(23-32-24-52-35-18-10-9-17-33(32)35)46(66)53-36(19-11-12-20-50)44(64)59-42(29(2)62)49(69)58-41/h3-10,13-18,24,28-29,34,36-42,60-62H,11-12,19-23,25-27,50-51H2,1-2H3,(H,53,66)(H,54,67)(H,55,65)(H,56,68)(H,57,63)(H,58,69)(H,59,64)/t28?,29-,34-,36+,37+,38-,39?,40+,41+,42+/m1/s1. The van der Waals surface area contributed by atoms with E-state index in [4.69, 9.17) is 11.5 Å². The smallest absolute Gasteiger partial charge is 0.245 e. The molecule has 2 heterocycles. The van der Waals surface area contributed by atoms with Gasteiger partial charge in [-0.25, -0.2) is 0 Å². The molecule has 3 aromatic carbocycles. The number of rotatable bonds is 17. The zero-order valence-corrected chi connectivity index (χ0v) is 41.3. The molecule has 0 aromatic heterocycles. The molecule has 2 aliphatic heterocycles. The zero-order chi connectivity index (χ0) is 51.5. The highest BCUT2D eigenvalue weighted by atomic mass is 33.1. The van der Waals surface area contributed by atoms with Crippen LogP contribution in [0.1, 0.15) is 56.2 Å². The minimum atomic E-state index is -1.67. The van der Waals surface area contributed by atoms with E-state index in [0.717, 1.165) is 27.2 Å². The lowest BCUT2D eigenvalue weighted by atomic mass is 9.98. The van der Waals surface area contributed by atoms with Crippen LogP contribution in [0.15, 0.2) is 91.1 Å². The van der Waals surface area contributed by atoms with Crippen molar-refractivity contribution < 1.29 is 48.9 Å². The lowest BCUT2D eigenvalue weighted by Gasteiger charge is -2.29.